The van der Waals surface area contributed by atoms with Crippen LogP contribution in [-0.4, -0.2) is 28.0 Å². The van der Waals surface area contributed by atoms with Crippen LogP contribution in [0, 0.1) is 6.92 Å². The Kier molecular flexibility index (Phi) is 4.28. The molecule has 5 rings (SSSR count). The lowest BCUT2D eigenvalue weighted by Gasteiger charge is -2.44. The number of carbonyl (C=O) groups excluding carboxylic acids is 2. The molecule has 2 aliphatic rings. The first kappa shape index (κ1) is 18.4. The van der Waals surface area contributed by atoms with Crippen LogP contribution in [0.15, 0.2) is 41.8 Å². The van der Waals surface area contributed by atoms with Gasteiger partial charge in [0.2, 0.25) is 5.91 Å². The summed E-state index contributed by atoms with van der Waals surface area (Å²) < 4.78 is 2.03. The van der Waals surface area contributed by atoms with E-state index in [1.807, 2.05) is 60.2 Å². The van der Waals surface area contributed by atoms with Gasteiger partial charge in [-0.1, -0.05) is 31.0 Å². The number of rotatable bonds is 3. The predicted octanol–water partition coefficient (Wildman–Crippen LogP) is 4.49. The Hall–Kier alpha value is -2.60. The van der Waals surface area contributed by atoms with E-state index in [9.17, 15) is 9.59 Å². The van der Waals surface area contributed by atoms with Gasteiger partial charge in [-0.2, -0.15) is 0 Å². The second-order valence-corrected chi connectivity index (χ2v) is 9.35. The van der Waals surface area contributed by atoms with E-state index in [-0.39, 0.29) is 17.9 Å². The number of nitrogens with zero attached hydrogens (tertiary/aromatic N) is 2. The minimum Gasteiger partial charge on any atom is -0.351 e. The molecule has 150 valence electrons. The molecule has 0 bridgehead atoms. The Labute approximate surface area is 174 Å². The van der Waals surface area contributed by atoms with Gasteiger partial charge in [-0.3, -0.25) is 14.5 Å². The molecule has 0 unspecified atom stereocenters. The van der Waals surface area contributed by atoms with Crippen molar-refractivity contribution in [2.75, 3.05) is 4.90 Å². The first-order chi connectivity index (χ1) is 14.0. The van der Waals surface area contributed by atoms with Crippen molar-refractivity contribution in [2.45, 2.75) is 57.7 Å². The van der Waals surface area contributed by atoms with Crippen LogP contribution in [0.3, 0.4) is 0 Å². The van der Waals surface area contributed by atoms with E-state index in [1.54, 1.807) is 16.2 Å². The van der Waals surface area contributed by atoms with Crippen molar-refractivity contribution in [3.05, 3.63) is 53.0 Å². The Bertz CT molecular complexity index is 1110. The lowest BCUT2D eigenvalue weighted by atomic mass is 9.92. The normalized spacial score (nSPS) is 22.3. The van der Waals surface area contributed by atoms with Gasteiger partial charge in [0.05, 0.1) is 6.54 Å². The number of para-hydroxylation sites is 1. The number of hydrogen-bond acceptors (Lipinski definition) is 3. The first-order valence-electron chi connectivity index (χ1n) is 10.3. The summed E-state index contributed by atoms with van der Waals surface area (Å²) in [5.74, 6) is -0.178. The highest BCUT2D eigenvalue weighted by Gasteiger charge is 2.49. The predicted molar refractivity (Wildman–Crippen MR) is 117 cm³/mol. The molecular weight excluding hydrogens is 382 g/mol. The minimum atomic E-state index is -0.991. The average Bonchev–Trinajstić information content (AvgIpc) is 3.42. The second kappa shape index (κ2) is 6.73. The molecule has 6 heteroatoms. The van der Waals surface area contributed by atoms with Gasteiger partial charge in [-0.15, -0.1) is 11.3 Å². The molecule has 29 heavy (non-hydrogen) atoms. The lowest BCUT2D eigenvalue weighted by molar-refractivity contribution is -0.127. The quantitative estimate of drug-likeness (QED) is 0.696. The van der Waals surface area contributed by atoms with Gasteiger partial charge in [0.1, 0.15) is 16.1 Å². The fraction of sp³-hybridized carbons (Fsp3) is 0.391. The van der Waals surface area contributed by atoms with Crippen LogP contribution in [0.4, 0.5) is 5.69 Å². The molecule has 2 aromatic heterocycles. The topological polar surface area (TPSA) is 54.3 Å². The first-order valence-corrected chi connectivity index (χ1v) is 11.1. The van der Waals surface area contributed by atoms with E-state index in [2.05, 4.69) is 5.32 Å². The van der Waals surface area contributed by atoms with Gasteiger partial charge in [-0.05, 0) is 55.8 Å². The van der Waals surface area contributed by atoms with E-state index in [0.717, 1.165) is 47.2 Å². The fourth-order valence-corrected chi connectivity index (χ4v) is 5.70. The fourth-order valence-electron chi connectivity index (χ4n) is 4.80. The van der Waals surface area contributed by atoms with Gasteiger partial charge in [0, 0.05) is 17.1 Å². The van der Waals surface area contributed by atoms with E-state index in [4.69, 9.17) is 0 Å². The molecule has 1 aliphatic carbocycles. The third-order valence-corrected chi connectivity index (χ3v) is 7.37. The highest BCUT2D eigenvalue weighted by Crippen LogP contribution is 2.38. The summed E-state index contributed by atoms with van der Waals surface area (Å²) >= 11 is 1.62. The number of carbonyl (C=O) groups is 2. The number of hydrogen-bond donors (Lipinski definition) is 1. The van der Waals surface area contributed by atoms with Crippen LogP contribution in [-0.2, 0) is 11.3 Å². The highest BCUT2D eigenvalue weighted by molar-refractivity contribution is 7.16. The zero-order valence-corrected chi connectivity index (χ0v) is 17.6. The molecule has 1 fully saturated rings. The minimum absolute atomic E-state index is 0.0648. The van der Waals surface area contributed by atoms with Gasteiger partial charge in [0.15, 0.2) is 0 Å². The van der Waals surface area contributed by atoms with Crippen LogP contribution < -0.4 is 10.2 Å². The average molecular weight is 408 g/mol. The molecule has 0 saturated heterocycles. The number of nitrogens with one attached hydrogen (secondary N) is 1. The van der Waals surface area contributed by atoms with E-state index >= 15 is 0 Å². The zero-order valence-electron chi connectivity index (χ0n) is 16.8. The highest BCUT2D eigenvalue weighted by atomic mass is 32.1. The summed E-state index contributed by atoms with van der Waals surface area (Å²) in [4.78, 5) is 30.1. The summed E-state index contributed by atoms with van der Waals surface area (Å²) in [6.07, 6.45) is 4.34. The van der Waals surface area contributed by atoms with Crippen molar-refractivity contribution in [2.24, 2.45) is 0 Å². The number of fused-ring (bicyclic) bond motifs is 3. The lowest BCUT2D eigenvalue weighted by Crippen LogP contribution is -2.65. The third kappa shape index (κ3) is 2.81. The van der Waals surface area contributed by atoms with Gasteiger partial charge >= 0.3 is 0 Å². The number of thiophene rings is 1. The van der Waals surface area contributed by atoms with Crippen LogP contribution in [0.25, 0.3) is 10.2 Å². The molecular formula is C23H25N3O2S. The van der Waals surface area contributed by atoms with Crippen molar-refractivity contribution in [1.29, 1.82) is 0 Å². The molecule has 0 radical (unpaired) electrons. The number of aryl methyl sites for hydroxylation is 1. The van der Waals surface area contributed by atoms with Gasteiger partial charge in [-0.25, -0.2) is 0 Å². The maximum Gasteiger partial charge on any atom is 0.275 e. The smallest absolute Gasteiger partial charge is 0.275 e. The number of benzene rings is 1. The molecule has 1 atom stereocenters. The van der Waals surface area contributed by atoms with E-state index in [1.165, 1.54) is 0 Å². The van der Waals surface area contributed by atoms with E-state index < -0.39 is 5.54 Å². The van der Waals surface area contributed by atoms with Crippen molar-refractivity contribution >= 4 is 39.1 Å². The Morgan fingerprint density at radius 1 is 1.21 bits per heavy atom. The third-order valence-electron chi connectivity index (χ3n) is 6.42. The summed E-state index contributed by atoms with van der Waals surface area (Å²) in [7, 11) is 0. The van der Waals surface area contributed by atoms with Crippen molar-refractivity contribution in [3.8, 4) is 0 Å². The van der Waals surface area contributed by atoms with Crippen LogP contribution in [0.2, 0.25) is 0 Å². The van der Waals surface area contributed by atoms with Gasteiger partial charge in [0.25, 0.3) is 5.91 Å². The largest absolute Gasteiger partial charge is 0.351 e. The van der Waals surface area contributed by atoms with Crippen LogP contribution >= 0.6 is 11.3 Å². The monoisotopic (exact) mass is 407 g/mol. The van der Waals surface area contributed by atoms with E-state index in [0.29, 0.717) is 12.2 Å². The zero-order chi connectivity index (χ0) is 20.2. The van der Waals surface area contributed by atoms with Crippen LogP contribution in [0.5, 0.6) is 0 Å². The van der Waals surface area contributed by atoms with Crippen molar-refractivity contribution in [3.63, 3.8) is 0 Å². The SMILES string of the molecule is Cc1ccccc1N1C(=O)c2cc3ccsc3n2C[C@]1(C)C(=O)NC1CCCC1. The van der Waals surface area contributed by atoms with Crippen molar-refractivity contribution < 1.29 is 9.59 Å². The molecule has 3 heterocycles. The van der Waals surface area contributed by atoms with Gasteiger partial charge < -0.3 is 9.88 Å². The molecule has 1 saturated carbocycles. The summed E-state index contributed by atoms with van der Waals surface area (Å²) in [5, 5.41) is 6.34. The maximum atomic E-state index is 13.7. The summed E-state index contributed by atoms with van der Waals surface area (Å²) in [6.45, 7) is 4.35. The Balaban J connectivity index is 1.64. The summed E-state index contributed by atoms with van der Waals surface area (Å²) in [6, 6.07) is 12.0. The summed E-state index contributed by atoms with van der Waals surface area (Å²) in [5.41, 5.74) is 1.45. The molecule has 1 aliphatic heterocycles. The molecule has 3 aromatic rings. The molecule has 0 spiro atoms. The van der Waals surface area contributed by atoms with Crippen LogP contribution in [0.1, 0.15) is 48.7 Å². The molecule has 2 amide bonds. The standard InChI is InChI=1S/C23H25N3O2S/c1-15-7-3-6-10-18(15)26-20(27)19-13-16-11-12-29-21(16)25(19)14-23(26,2)22(28)24-17-8-4-5-9-17/h3,6-7,10-13,17H,4-5,8-9,14H2,1-2H3,(H,24,28)/t23-/m1/s1. The number of aromatic nitrogens is 1. The number of anilines is 1. The Morgan fingerprint density at radius 2 is 1.97 bits per heavy atom. The molecule has 1 aromatic carbocycles. The van der Waals surface area contributed by atoms with Crippen molar-refractivity contribution in [1.82, 2.24) is 9.88 Å². The second-order valence-electron chi connectivity index (χ2n) is 8.45. The molecule has 1 N–H and O–H groups in total. The number of amides is 2. The molecule has 5 nitrogen and oxygen atoms in total. The maximum absolute atomic E-state index is 13.7. The Morgan fingerprint density at radius 3 is 2.72 bits per heavy atom.